The number of aryl methyl sites for hydroxylation is 1. The first-order valence-electron chi connectivity index (χ1n) is 8.80. The molecule has 0 aliphatic carbocycles. The summed E-state index contributed by atoms with van der Waals surface area (Å²) in [6.07, 6.45) is 2.13. The molecule has 2 heterocycles. The fraction of sp³-hybridized carbons (Fsp3) is 0.400. The summed E-state index contributed by atoms with van der Waals surface area (Å²) in [5.41, 5.74) is 0.126. The molecule has 1 aliphatic rings. The van der Waals surface area contributed by atoms with Gasteiger partial charge in [0.1, 0.15) is 5.82 Å². The smallest absolute Gasteiger partial charge is 0.287 e. The van der Waals surface area contributed by atoms with E-state index in [0.29, 0.717) is 29.5 Å². The quantitative estimate of drug-likeness (QED) is 0.792. The maximum atomic E-state index is 14.4. The Morgan fingerprint density at radius 3 is 2.70 bits per heavy atom. The van der Waals surface area contributed by atoms with Crippen LogP contribution in [0.15, 0.2) is 39.4 Å². The minimum absolute atomic E-state index is 0.156. The second-order valence-corrected chi connectivity index (χ2v) is 8.31. The molecular formula is C20H22BrFN2O3. The van der Waals surface area contributed by atoms with Crippen LogP contribution in [0.4, 0.5) is 4.39 Å². The number of halogens is 2. The zero-order valence-corrected chi connectivity index (χ0v) is 17.1. The number of amides is 2. The first kappa shape index (κ1) is 19.6. The summed E-state index contributed by atoms with van der Waals surface area (Å²) in [5, 5.41) is 2.91. The molecular weight excluding hydrogens is 415 g/mol. The average molecular weight is 437 g/mol. The van der Waals surface area contributed by atoms with Crippen LogP contribution in [0.25, 0.3) is 0 Å². The molecule has 27 heavy (non-hydrogen) atoms. The molecule has 0 bridgehead atoms. The lowest BCUT2D eigenvalue weighted by atomic mass is 9.83. The van der Waals surface area contributed by atoms with Crippen LogP contribution in [-0.2, 0) is 10.2 Å². The van der Waals surface area contributed by atoms with Gasteiger partial charge in [-0.1, -0.05) is 22.0 Å². The Kier molecular flexibility index (Phi) is 5.42. The lowest BCUT2D eigenvalue weighted by Crippen LogP contribution is -2.45. The summed E-state index contributed by atoms with van der Waals surface area (Å²) in [6.45, 7) is 6.16. The van der Waals surface area contributed by atoms with Gasteiger partial charge >= 0.3 is 0 Å². The number of likely N-dealkylation sites (tertiary alicyclic amines) is 1. The number of hydrogen-bond donors (Lipinski definition) is 1. The van der Waals surface area contributed by atoms with E-state index in [0.717, 1.165) is 5.56 Å². The summed E-state index contributed by atoms with van der Waals surface area (Å²) >= 11 is 3.24. The second kappa shape index (κ2) is 7.46. The maximum Gasteiger partial charge on any atom is 0.287 e. The van der Waals surface area contributed by atoms with E-state index in [9.17, 15) is 14.0 Å². The van der Waals surface area contributed by atoms with Crippen molar-refractivity contribution < 1.29 is 18.4 Å². The minimum Gasteiger partial charge on any atom is -0.459 e. The van der Waals surface area contributed by atoms with E-state index in [1.807, 2.05) is 0 Å². The number of carbonyl (C=O) groups excluding carboxylic acids is 2. The van der Waals surface area contributed by atoms with Gasteiger partial charge in [0.2, 0.25) is 5.91 Å². The van der Waals surface area contributed by atoms with E-state index in [4.69, 9.17) is 4.42 Å². The number of furan rings is 1. The van der Waals surface area contributed by atoms with Gasteiger partial charge in [-0.05, 0) is 45.4 Å². The van der Waals surface area contributed by atoms with Crippen LogP contribution in [0.1, 0.15) is 41.9 Å². The van der Waals surface area contributed by atoms with Crippen molar-refractivity contribution in [2.45, 2.75) is 38.6 Å². The molecule has 1 saturated heterocycles. The number of nitrogens with zero attached hydrogens (tertiary/aromatic N) is 1. The topological polar surface area (TPSA) is 62.6 Å². The van der Waals surface area contributed by atoms with E-state index in [1.165, 1.54) is 12.3 Å². The Hall–Kier alpha value is -2.15. The predicted molar refractivity (Wildman–Crippen MR) is 103 cm³/mol. The van der Waals surface area contributed by atoms with Crippen LogP contribution in [0, 0.1) is 12.7 Å². The average Bonchev–Trinajstić information content (AvgIpc) is 3.22. The molecule has 1 N–H and O–H groups in total. The van der Waals surface area contributed by atoms with Crippen LogP contribution < -0.4 is 5.32 Å². The van der Waals surface area contributed by atoms with Gasteiger partial charge in [0.25, 0.3) is 5.91 Å². The molecule has 144 valence electrons. The van der Waals surface area contributed by atoms with Crippen molar-refractivity contribution in [2.24, 2.45) is 0 Å². The third kappa shape index (κ3) is 3.93. The summed E-state index contributed by atoms with van der Waals surface area (Å²) < 4.78 is 20.2. The van der Waals surface area contributed by atoms with Crippen LogP contribution in [0.5, 0.6) is 0 Å². The standard InChI is InChI=1S/C20H22BrFN2O3/c1-12-7-9-27-17(12)18(25)23-14-6-8-24(11-14)19(26)20(2,3)15-5-4-13(21)10-16(15)22/h4-5,7,9-10,14H,6,8,11H2,1-3H3,(H,23,25)/t14-/m1/s1. The number of benzene rings is 1. The molecule has 0 saturated carbocycles. The van der Waals surface area contributed by atoms with Crippen molar-refractivity contribution in [1.82, 2.24) is 10.2 Å². The molecule has 2 amide bonds. The normalized spacial score (nSPS) is 17.2. The summed E-state index contributed by atoms with van der Waals surface area (Å²) in [4.78, 5) is 27.0. The fourth-order valence-corrected chi connectivity index (χ4v) is 3.76. The molecule has 5 nitrogen and oxygen atoms in total. The predicted octanol–water partition coefficient (Wildman–Crippen LogP) is 3.80. The van der Waals surface area contributed by atoms with Crippen molar-refractivity contribution in [3.8, 4) is 0 Å². The lowest BCUT2D eigenvalue weighted by molar-refractivity contribution is -0.135. The first-order chi connectivity index (χ1) is 12.7. The summed E-state index contributed by atoms with van der Waals surface area (Å²) in [6, 6.07) is 6.30. The highest BCUT2D eigenvalue weighted by Crippen LogP contribution is 2.31. The van der Waals surface area contributed by atoms with Crippen LogP contribution in [-0.4, -0.2) is 35.8 Å². The number of nitrogens with one attached hydrogen (secondary N) is 1. The molecule has 0 spiro atoms. The highest BCUT2D eigenvalue weighted by atomic mass is 79.9. The zero-order chi connectivity index (χ0) is 19.8. The zero-order valence-electron chi connectivity index (χ0n) is 15.5. The van der Waals surface area contributed by atoms with Gasteiger partial charge in [-0.15, -0.1) is 0 Å². The molecule has 1 aliphatic heterocycles. The second-order valence-electron chi connectivity index (χ2n) is 7.39. The van der Waals surface area contributed by atoms with Crippen molar-refractivity contribution in [1.29, 1.82) is 0 Å². The molecule has 1 atom stereocenters. The monoisotopic (exact) mass is 436 g/mol. The number of hydrogen-bond acceptors (Lipinski definition) is 3. The highest BCUT2D eigenvalue weighted by Gasteiger charge is 2.39. The SMILES string of the molecule is Cc1ccoc1C(=O)N[C@@H]1CCN(C(=O)C(C)(C)c2ccc(Br)cc2F)C1. The molecule has 3 rings (SSSR count). The fourth-order valence-electron chi connectivity index (χ4n) is 3.43. The maximum absolute atomic E-state index is 14.4. The van der Waals surface area contributed by atoms with Gasteiger partial charge in [0.05, 0.1) is 11.7 Å². The Bertz CT molecular complexity index is 878. The molecule has 7 heteroatoms. The Labute approximate surface area is 166 Å². The van der Waals surface area contributed by atoms with Gasteiger partial charge in [-0.25, -0.2) is 4.39 Å². The number of rotatable bonds is 4. The molecule has 0 radical (unpaired) electrons. The van der Waals surface area contributed by atoms with Gasteiger partial charge in [-0.3, -0.25) is 9.59 Å². The minimum atomic E-state index is -0.999. The summed E-state index contributed by atoms with van der Waals surface area (Å²) in [5.74, 6) is -0.568. The van der Waals surface area contributed by atoms with E-state index in [1.54, 1.807) is 43.9 Å². The van der Waals surface area contributed by atoms with Crippen LogP contribution in [0.3, 0.4) is 0 Å². The van der Waals surface area contributed by atoms with Crippen LogP contribution >= 0.6 is 15.9 Å². The highest BCUT2D eigenvalue weighted by molar-refractivity contribution is 9.10. The van der Waals surface area contributed by atoms with Gasteiger partial charge in [-0.2, -0.15) is 0 Å². The largest absolute Gasteiger partial charge is 0.459 e. The summed E-state index contributed by atoms with van der Waals surface area (Å²) in [7, 11) is 0. The number of carbonyl (C=O) groups is 2. The third-order valence-corrected chi connectivity index (χ3v) is 5.51. The van der Waals surface area contributed by atoms with Crippen molar-refractivity contribution >= 4 is 27.7 Å². The Balaban J connectivity index is 1.68. The first-order valence-corrected chi connectivity index (χ1v) is 9.59. The Morgan fingerprint density at radius 2 is 2.07 bits per heavy atom. The van der Waals surface area contributed by atoms with Crippen molar-refractivity contribution in [2.75, 3.05) is 13.1 Å². The molecule has 1 aromatic heterocycles. The Morgan fingerprint density at radius 1 is 1.33 bits per heavy atom. The van der Waals surface area contributed by atoms with Gasteiger partial charge in [0, 0.05) is 34.7 Å². The van der Waals surface area contributed by atoms with Crippen LogP contribution in [0.2, 0.25) is 0 Å². The molecule has 2 aromatic rings. The molecule has 1 aromatic carbocycles. The van der Waals surface area contributed by atoms with Gasteiger partial charge < -0.3 is 14.6 Å². The van der Waals surface area contributed by atoms with Crippen molar-refractivity contribution in [3.63, 3.8) is 0 Å². The van der Waals surface area contributed by atoms with E-state index >= 15 is 0 Å². The third-order valence-electron chi connectivity index (χ3n) is 5.02. The molecule has 0 unspecified atom stereocenters. The van der Waals surface area contributed by atoms with Gasteiger partial charge in [0.15, 0.2) is 5.76 Å². The lowest BCUT2D eigenvalue weighted by Gasteiger charge is -2.30. The van der Waals surface area contributed by atoms with Crippen molar-refractivity contribution in [3.05, 3.63) is 57.7 Å². The van der Waals surface area contributed by atoms with E-state index in [2.05, 4.69) is 21.2 Å². The van der Waals surface area contributed by atoms with E-state index in [-0.39, 0.29) is 23.6 Å². The molecule has 1 fully saturated rings. The van der Waals surface area contributed by atoms with E-state index < -0.39 is 11.2 Å².